The van der Waals surface area contributed by atoms with Crippen LogP contribution >= 0.6 is 0 Å². The van der Waals surface area contributed by atoms with E-state index in [9.17, 15) is 18.0 Å². The van der Waals surface area contributed by atoms with Crippen LogP contribution < -0.4 is 4.74 Å². The highest BCUT2D eigenvalue weighted by molar-refractivity contribution is 5.79. The zero-order valence-electron chi connectivity index (χ0n) is 16.0. The van der Waals surface area contributed by atoms with Crippen molar-refractivity contribution in [2.75, 3.05) is 6.54 Å². The number of hydrogen-bond donors (Lipinski definition) is 0. The Labute approximate surface area is 170 Å². The topological polar surface area (TPSA) is 68.5 Å². The summed E-state index contributed by atoms with van der Waals surface area (Å²) in [4.78, 5) is 18.5. The van der Waals surface area contributed by atoms with Crippen molar-refractivity contribution in [2.24, 2.45) is 0 Å². The molecular weight excluding hydrogens is 399 g/mol. The summed E-state index contributed by atoms with van der Waals surface area (Å²) in [7, 11) is 0. The number of halogens is 3. The molecule has 1 fully saturated rings. The molecule has 0 bridgehead atoms. The largest absolute Gasteiger partial charge is 0.573 e. The van der Waals surface area contributed by atoms with Gasteiger partial charge in [-0.2, -0.15) is 4.98 Å². The summed E-state index contributed by atoms with van der Waals surface area (Å²) < 4.78 is 46.0. The molecule has 1 atom stereocenters. The molecule has 156 valence electrons. The number of likely N-dealkylation sites (tertiary alicyclic amines) is 1. The van der Waals surface area contributed by atoms with Gasteiger partial charge < -0.3 is 14.2 Å². The molecule has 0 saturated carbocycles. The fraction of sp³-hybridized carbons (Fsp3) is 0.286. The Morgan fingerprint density at radius 1 is 1.17 bits per heavy atom. The van der Waals surface area contributed by atoms with Crippen molar-refractivity contribution >= 4 is 5.91 Å². The highest BCUT2D eigenvalue weighted by Crippen LogP contribution is 2.31. The van der Waals surface area contributed by atoms with E-state index in [0.29, 0.717) is 24.5 Å². The Kier molecular flexibility index (Phi) is 5.19. The Hall–Kier alpha value is -3.36. The number of rotatable bonds is 5. The third kappa shape index (κ3) is 4.45. The van der Waals surface area contributed by atoms with Gasteiger partial charge >= 0.3 is 6.36 Å². The lowest BCUT2D eigenvalue weighted by Gasteiger charge is -2.17. The molecule has 2 heterocycles. The van der Waals surface area contributed by atoms with E-state index < -0.39 is 6.36 Å². The minimum atomic E-state index is -4.75. The minimum absolute atomic E-state index is 0.0108. The van der Waals surface area contributed by atoms with Crippen molar-refractivity contribution in [1.29, 1.82) is 0 Å². The van der Waals surface area contributed by atoms with Crippen LogP contribution in [0, 0.1) is 6.92 Å². The molecule has 1 aliphatic rings. The molecular formula is C21H18F3N3O3. The van der Waals surface area contributed by atoms with Gasteiger partial charge in [0.1, 0.15) is 5.75 Å². The summed E-state index contributed by atoms with van der Waals surface area (Å²) >= 11 is 0. The second kappa shape index (κ2) is 7.81. The van der Waals surface area contributed by atoms with E-state index in [1.807, 2.05) is 31.2 Å². The van der Waals surface area contributed by atoms with Crippen LogP contribution in [0.3, 0.4) is 0 Å². The van der Waals surface area contributed by atoms with E-state index >= 15 is 0 Å². The van der Waals surface area contributed by atoms with Gasteiger partial charge in [0.05, 0.1) is 5.92 Å². The average molecular weight is 417 g/mol. The first-order valence-electron chi connectivity index (χ1n) is 9.30. The van der Waals surface area contributed by atoms with Crippen molar-refractivity contribution in [3.05, 3.63) is 65.5 Å². The summed E-state index contributed by atoms with van der Waals surface area (Å²) in [5, 5.41) is 3.90. The number of nitrogens with zero attached hydrogens (tertiary/aromatic N) is 3. The van der Waals surface area contributed by atoms with Crippen molar-refractivity contribution in [2.45, 2.75) is 32.2 Å². The van der Waals surface area contributed by atoms with Crippen LogP contribution in [0.25, 0.3) is 11.4 Å². The molecule has 1 amide bonds. The van der Waals surface area contributed by atoms with Gasteiger partial charge in [-0.05, 0) is 42.3 Å². The number of ether oxygens (including phenoxy) is 1. The fourth-order valence-electron chi connectivity index (χ4n) is 3.41. The van der Waals surface area contributed by atoms with Crippen LogP contribution in [0.15, 0.2) is 53.1 Å². The molecule has 0 N–H and O–H groups in total. The Morgan fingerprint density at radius 2 is 1.90 bits per heavy atom. The van der Waals surface area contributed by atoms with Crippen LogP contribution in [-0.4, -0.2) is 33.9 Å². The first-order valence-corrected chi connectivity index (χ1v) is 9.30. The summed E-state index contributed by atoms with van der Waals surface area (Å²) in [6, 6.07) is 13.1. The highest BCUT2D eigenvalue weighted by Gasteiger charge is 2.34. The van der Waals surface area contributed by atoms with Gasteiger partial charge in [0.2, 0.25) is 17.6 Å². The number of hydrogen-bond acceptors (Lipinski definition) is 5. The predicted octanol–water partition coefficient (Wildman–Crippen LogP) is 4.46. The molecule has 0 spiro atoms. The number of aromatic nitrogens is 2. The molecule has 1 aromatic heterocycles. The molecule has 9 heteroatoms. The number of carbonyl (C=O) groups is 1. The summed E-state index contributed by atoms with van der Waals surface area (Å²) in [6.45, 7) is 2.99. The van der Waals surface area contributed by atoms with Crippen molar-refractivity contribution in [3.8, 4) is 17.1 Å². The summed E-state index contributed by atoms with van der Waals surface area (Å²) in [6.07, 6.45) is -4.48. The predicted molar refractivity (Wildman–Crippen MR) is 100 cm³/mol. The monoisotopic (exact) mass is 417 g/mol. The van der Waals surface area contributed by atoms with Gasteiger partial charge in [0, 0.05) is 25.1 Å². The first-order chi connectivity index (χ1) is 14.3. The Morgan fingerprint density at radius 3 is 2.60 bits per heavy atom. The van der Waals surface area contributed by atoms with Crippen LogP contribution in [-0.2, 0) is 11.3 Å². The third-order valence-electron chi connectivity index (χ3n) is 4.97. The summed E-state index contributed by atoms with van der Waals surface area (Å²) in [5.41, 5.74) is 2.69. The second-order valence-corrected chi connectivity index (χ2v) is 7.13. The maximum atomic E-state index is 12.4. The van der Waals surface area contributed by atoms with E-state index in [4.69, 9.17) is 4.52 Å². The fourth-order valence-corrected chi connectivity index (χ4v) is 3.41. The Bertz CT molecular complexity index is 1050. The number of amides is 1. The molecule has 1 aliphatic heterocycles. The van der Waals surface area contributed by atoms with Crippen molar-refractivity contribution in [3.63, 3.8) is 0 Å². The SMILES string of the molecule is Cc1ccccc1CN1CC(c2nc(-c3ccc(OC(F)(F)F)cc3)no2)CC1=O. The van der Waals surface area contributed by atoms with E-state index in [0.717, 1.165) is 11.1 Å². The van der Waals surface area contributed by atoms with Gasteiger partial charge in [-0.25, -0.2) is 0 Å². The average Bonchev–Trinajstić information content (AvgIpc) is 3.30. The molecule has 2 aromatic carbocycles. The maximum Gasteiger partial charge on any atom is 0.573 e. The second-order valence-electron chi connectivity index (χ2n) is 7.13. The van der Waals surface area contributed by atoms with E-state index in [2.05, 4.69) is 14.9 Å². The van der Waals surface area contributed by atoms with Gasteiger partial charge in [-0.1, -0.05) is 29.4 Å². The third-order valence-corrected chi connectivity index (χ3v) is 4.97. The molecule has 1 unspecified atom stereocenters. The number of carbonyl (C=O) groups excluding carboxylic acids is 1. The molecule has 1 saturated heterocycles. The smallest absolute Gasteiger partial charge is 0.406 e. The highest BCUT2D eigenvalue weighted by atomic mass is 19.4. The Balaban J connectivity index is 1.44. The zero-order valence-corrected chi connectivity index (χ0v) is 16.0. The maximum absolute atomic E-state index is 12.4. The van der Waals surface area contributed by atoms with E-state index in [1.54, 1.807) is 4.90 Å². The quantitative estimate of drug-likeness (QED) is 0.613. The van der Waals surface area contributed by atoms with E-state index in [1.165, 1.54) is 24.3 Å². The molecule has 6 nitrogen and oxygen atoms in total. The first kappa shape index (κ1) is 19.9. The minimum Gasteiger partial charge on any atom is -0.406 e. The van der Waals surface area contributed by atoms with Crippen LogP contribution in [0.5, 0.6) is 5.75 Å². The van der Waals surface area contributed by atoms with Crippen molar-refractivity contribution in [1.82, 2.24) is 15.0 Å². The van der Waals surface area contributed by atoms with E-state index in [-0.39, 0.29) is 29.8 Å². The standard InChI is InChI=1S/C21H18F3N3O3/c1-13-4-2-3-5-15(13)11-27-12-16(10-18(27)28)20-25-19(26-30-20)14-6-8-17(9-7-14)29-21(22,23)24/h2-9,16H,10-12H2,1H3. The van der Waals surface area contributed by atoms with Crippen molar-refractivity contribution < 1.29 is 27.2 Å². The number of alkyl halides is 3. The lowest BCUT2D eigenvalue weighted by molar-refractivity contribution is -0.274. The van der Waals surface area contributed by atoms with Crippen LogP contribution in [0.4, 0.5) is 13.2 Å². The lowest BCUT2D eigenvalue weighted by atomic mass is 10.1. The number of benzene rings is 2. The molecule has 3 aromatic rings. The lowest BCUT2D eigenvalue weighted by Crippen LogP contribution is -2.24. The van der Waals surface area contributed by atoms with Crippen LogP contribution in [0.2, 0.25) is 0 Å². The van der Waals surface area contributed by atoms with Gasteiger partial charge in [0.25, 0.3) is 0 Å². The summed E-state index contributed by atoms with van der Waals surface area (Å²) in [5.74, 6) is 0.0325. The van der Waals surface area contributed by atoms with Gasteiger partial charge in [-0.15, -0.1) is 13.2 Å². The number of aryl methyl sites for hydroxylation is 1. The molecule has 0 aliphatic carbocycles. The molecule has 0 radical (unpaired) electrons. The molecule has 4 rings (SSSR count). The van der Waals surface area contributed by atoms with Crippen LogP contribution in [0.1, 0.15) is 29.4 Å². The van der Waals surface area contributed by atoms with Gasteiger partial charge in [-0.3, -0.25) is 4.79 Å². The van der Waals surface area contributed by atoms with Gasteiger partial charge in [0.15, 0.2) is 0 Å². The zero-order chi connectivity index (χ0) is 21.3. The molecule has 30 heavy (non-hydrogen) atoms. The normalized spacial score (nSPS) is 16.9.